The molecular weight excluding hydrogens is 224 g/mol. The van der Waals surface area contributed by atoms with Gasteiger partial charge < -0.3 is 20.1 Å². The SMILES string of the molecule is CC1COC(CO)CN1C(=O)[C@@H]1CCC(=O)N1. The molecule has 0 radical (unpaired) electrons. The maximum Gasteiger partial charge on any atom is 0.245 e. The largest absolute Gasteiger partial charge is 0.394 e. The number of amides is 2. The number of carbonyl (C=O) groups excluding carboxylic acids is 2. The van der Waals surface area contributed by atoms with Crippen LogP contribution in [-0.2, 0) is 14.3 Å². The lowest BCUT2D eigenvalue weighted by Gasteiger charge is -2.38. The van der Waals surface area contributed by atoms with Gasteiger partial charge in [-0.05, 0) is 13.3 Å². The molecule has 2 heterocycles. The van der Waals surface area contributed by atoms with E-state index in [0.717, 1.165) is 0 Å². The van der Waals surface area contributed by atoms with Crippen molar-refractivity contribution < 1.29 is 19.4 Å². The minimum absolute atomic E-state index is 0.0113. The van der Waals surface area contributed by atoms with E-state index in [9.17, 15) is 9.59 Å². The lowest BCUT2D eigenvalue weighted by atomic mass is 10.1. The third-order valence-electron chi connectivity index (χ3n) is 3.29. The van der Waals surface area contributed by atoms with E-state index in [2.05, 4.69) is 5.32 Å². The highest BCUT2D eigenvalue weighted by atomic mass is 16.5. The molecular formula is C11H18N2O4. The zero-order chi connectivity index (χ0) is 12.4. The summed E-state index contributed by atoms with van der Waals surface area (Å²) in [6.07, 6.45) is 0.664. The van der Waals surface area contributed by atoms with Gasteiger partial charge in [0.1, 0.15) is 6.04 Å². The normalized spacial score (nSPS) is 33.6. The quantitative estimate of drug-likeness (QED) is 0.642. The molecule has 0 saturated carbocycles. The van der Waals surface area contributed by atoms with E-state index in [1.807, 2.05) is 6.92 Å². The van der Waals surface area contributed by atoms with Crippen LogP contribution < -0.4 is 5.32 Å². The van der Waals surface area contributed by atoms with Crippen LogP contribution in [0.3, 0.4) is 0 Å². The van der Waals surface area contributed by atoms with Crippen molar-refractivity contribution in [1.82, 2.24) is 10.2 Å². The van der Waals surface area contributed by atoms with Crippen LogP contribution in [0.25, 0.3) is 0 Å². The molecule has 0 bridgehead atoms. The molecule has 2 aliphatic heterocycles. The van der Waals surface area contributed by atoms with Gasteiger partial charge in [0.2, 0.25) is 11.8 Å². The molecule has 6 heteroatoms. The second-order valence-corrected chi connectivity index (χ2v) is 4.64. The van der Waals surface area contributed by atoms with Crippen LogP contribution in [0, 0.1) is 0 Å². The van der Waals surface area contributed by atoms with Gasteiger partial charge in [-0.25, -0.2) is 0 Å². The van der Waals surface area contributed by atoms with Gasteiger partial charge in [-0.1, -0.05) is 0 Å². The summed E-state index contributed by atoms with van der Waals surface area (Å²) in [5.41, 5.74) is 0. The number of rotatable bonds is 2. The van der Waals surface area contributed by atoms with Crippen molar-refractivity contribution in [3.05, 3.63) is 0 Å². The fourth-order valence-electron chi connectivity index (χ4n) is 2.23. The third-order valence-corrected chi connectivity index (χ3v) is 3.29. The Morgan fingerprint density at radius 2 is 2.41 bits per heavy atom. The molecule has 2 saturated heterocycles. The van der Waals surface area contributed by atoms with Gasteiger partial charge in [-0.2, -0.15) is 0 Å². The van der Waals surface area contributed by atoms with Crippen molar-refractivity contribution in [2.24, 2.45) is 0 Å². The van der Waals surface area contributed by atoms with Gasteiger partial charge in [0.25, 0.3) is 0 Å². The van der Waals surface area contributed by atoms with Crippen LogP contribution in [0.1, 0.15) is 19.8 Å². The van der Waals surface area contributed by atoms with Crippen LogP contribution in [-0.4, -0.2) is 59.8 Å². The maximum absolute atomic E-state index is 12.2. The molecule has 6 nitrogen and oxygen atoms in total. The minimum atomic E-state index is -0.401. The topological polar surface area (TPSA) is 78.9 Å². The molecule has 0 spiro atoms. The van der Waals surface area contributed by atoms with Gasteiger partial charge in [0.05, 0.1) is 25.4 Å². The fourth-order valence-corrected chi connectivity index (χ4v) is 2.23. The monoisotopic (exact) mass is 242 g/mol. The smallest absolute Gasteiger partial charge is 0.245 e. The van der Waals surface area contributed by atoms with Crippen molar-refractivity contribution in [3.8, 4) is 0 Å². The Hall–Kier alpha value is -1.14. The average molecular weight is 242 g/mol. The van der Waals surface area contributed by atoms with E-state index in [0.29, 0.717) is 26.0 Å². The highest BCUT2D eigenvalue weighted by molar-refractivity contribution is 5.91. The summed E-state index contributed by atoms with van der Waals surface area (Å²) in [6.45, 7) is 2.64. The fraction of sp³-hybridized carbons (Fsp3) is 0.818. The van der Waals surface area contributed by atoms with E-state index in [-0.39, 0.29) is 30.6 Å². The van der Waals surface area contributed by atoms with Crippen LogP contribution in [0.2, 0.25) is 0 Å². The summed E-state index contributed by atoms with van der Waals surface area (Å²) in [7, 11) is 0. The molecule has 2 aliphatic rings. The van der Waals surface area contributed by atoms with Crippen LogP contribution in [0.15, 0.2) is 0 Å². The van der Waals surface area contributed by atoms with Crippen molar-refractivity contribution >= 4 is 11.8 Å². The highest BCUT2D eigenvalue weighted by Gasteiger charge is 2.36. The third kappa shape index (κ3) is 2.58. The molecule has 2 rings (SSSR count). The number of aliphatic hydroxyl groups is 1. The Bertz CT molecular complexity index is 321. The Labute approximate surface area is 99.9 Å². The second kappa shape index (κ2) is 5.01. The Morgan fingerprint density at radius 3 is 3.00 bits per heavy atom. The first-order valence-electron chi connectivity index (χ1n) is 5.94. The van der Waals surface area contributed by atoms with Crippen LogP contribution in [0.5, 0.6) is 0 Å². The molecule has 17 heavy (non-hydrogen) atoms. The molecule has 3 atom stereocenters. The average Bonchev–Trinajstić information content (AvgIpc) is 2.76. The van der Waals surface area contributed by atoms with Gasteiger partial charge in [0, 0.05) is 13.0 Å². The number of aliphatic hydroxyl groups excluding tert-OH is 1. The zero-order valence-electron chi connectivity index (χ0n) is 9.89. The first-order valence-corrected chi connectivity index (χ1v) is 5.94. The Kier molecular flexibility index (Phi) is 3.63. The van der Waals surface area contributed by atoms with E-state index >= 15 is 0 Å². The molecule has 96 valence electrons. The molecule has 0 aromatic carbocycles. The minimum Gasteiger partial charge on any atom is -0.394 e. The second-order valence-electron chi connectivity index (χ2n) is 4.64. The summed E-state index contributed by atoms with van der Waals surface area (Å²) in [6, 6.07) is -0.412. The molecule has 0 aliphatic carbocycles. The zero-order valence-corrected chi connectivity index (χ0v) is 9.89. The van der Waals surface area contributed by atoms with Crippen LogP contribution >= 0.6 is 0 Å². The van der Waals surface area contributed by atoms with Gasteiger partial charge in [-0.15, -0.1) is 0 Å². The summed E-state index contributed by atoms with van der Waals surface area (Å²) >= 11 is 0. The van der Waals surface area contributed by atoms with Gasteiger partial charge in [0.15, 0.2) is 0 Å². The number of nitrogens with zero attached hydrogens (tertiary/aromatic N) is 1. The van der Waals surface area contributed by atoms with Crippen LogP contribution in [0.4, 0.5) is 0 Å². The summed E-state index contributed by atoms with van der Waals surface area (Å²) in [5, 5.41) is 11.7. The standard InChI is InChI=1S/C11H18N2O4/c1-7-6-17-8(5-14)4-13(7)11(16)9-2-3-10(15)12-9/h7-9,14H,2-6H2,1H3,(H,12,15)/t7?,8?,9-/m0/s1. The molecule has 2 fully saturated rings. The first kappa shape index (κ1) is 12.3. The van der Waals surface area contributed by atoms with E-state index in [1.165, 1.54) is 0 Å². The summed E-state index contributed by atoms with van der Waals surface area (Å²) in [4.78, 5) is 25.0. The molecule has 2 amide bonds. The highest BCUT2D eigenvalue weighted by Crippen LogP contribution is 2.16. The van der Waals surface area contributed by atoms with Gasteiger partial charge >= 0.3 is 0 Å². The van der Waals surface area contributed by atoms with E-state index < -0.39 is 6.04 Å². The van der Waals surface area contributed by atoms with E-state index in [1.54, 1.807) is 4.90 Å². The summed E-state index contributed by atoms with van der Waals surface area (Å²) < 4.78 is 5.37. The number of morpholine rings is 1. The van der Waals surface area contributed by atoms with Crippen molar-refractivity contribution in [2.45, 2.75) is 38.0 Å². The van der Waals surface area contributed by atoms with Crippen molar-refractivity contribution in [2.75, 3.05) is 19.8 Å². The molecule has 0 aromatic heterocycles. The van der Waals surface area contributed by atoms with Crippen molar-refractivity contribution in [3.63, 3.8) is 0 Å². The molecule has 2 N–H and O–H groups in total. The number of ether oxygens (including phenoxy) is 1. The first-order chi connectivity index (χ1) is 8.11. The number of carbonyl (C=O) groups is 2. The molecule has 0 aromatic rings. The lowest BCUT2D eigenvalue weighted by molar-refractivity contribution is -0.148. The summed E-state index contributed by atoms with van der Waals surface area (Å²) in [5.74, 6) is -0.131. The number of hydrogen-bond acceptors (Lipinski definition) is 4. The predicted molar refractivity (Wildman–Crippen MR) is 59.2 cm³/mol. The number of nitrogens with one attached hydrogen (secondary N) is 1. The lowest BCUT2D eigenvalue weighted by Crippen LogP contribution is -2.56. The van der Waals surface area contributed by atoms with Gasteiger partial charge in [-0.3, -0.25) is 9.59 Å². The number of hydrogen-bond donors (Lipinski definition) is 2. The molecule has 2 unspecified atom stereocenters. The Morgan fingerprint density at radius 1 is 1.65 bits per heavy atom. The Balaban J connectivity index is 1.99. The van der Waals surface area contributed by atoms with Crippen molar-refractivity contribution in [1.29, 1.82) is 0 Å². The van der Waals surface area contributed by atoms with E-state index in [4.69, 9.17) is 9.84 Å². The predicted octanol–water partition coefficient (Wildman–Crippen LogP) is -1.13. The maximum atomic E-state index is 12.2.